The fourth-order valence-electron chi connectivity index (χ4n) is 4.73. The molecule has 0 radical (unpaired) electrons. The van der Waals surface area contributed by atoms with E-state index in [0.29, 0.717) is 17.9 Å². The van der Waals surface area contributed by atoms with E-state index in [0.717, 1.165) is 29.7 Å². The van der Waals surface area contributed by atoms with Crippen molar-refractivity contribution in [2.75, 3.05) is 5.32 Å². The normalized spacial score (nSPS) is 25.3. The van der Waals surface area contributed by atoms with Gasteiger partial charge < -0.3 is 5.32 Å². The van der Waals surface area contributed by atoms with Crippen LogP contribution < -0.4 is 5.32 Å². The minimum Gasteiger partial charge on any atom is -0.325 e. The number of anilines is 1. The number of fused-ring (bicyclic) bond motifs is 5. The Bertz CT molecular complexity index is 1130. The molecule has 3 aliphatic heterocycles. The topological polar surface area (TPSA) is 92.3 Å². The van der Waals surface area contributed by atoms with Gasteiger partial charge in [0.2, 0.25) is 15.9 Å². The Balaban J connectivity index is 1.59. The molecule has 3 aliphatic rings. The van der Waals surface area contributed by atoms with Crippen LogP contribution in [0.1, 0.15) is 55.4 Å². The molecule has 0 spiro atoms. The molecule has 1 saturated heterocycles. The highest BCUT2D eigenvalue weighted by Gasteiger charge is 2.48. The standard InChI is InChI=1S/C20H22N4O3S/c1-11-21-10-14-17(22-11)8-12-4-7-18(14)24(12)28(26,27)13-5-6-16-15(9-13)20(2,3)19(25)23-16/h5-6,9-10,12,18H,4,7-8H2,1-3H3,(H,23,25)/t12-,18+/m0/s1. The van der Waals surface area contributed by atoms with E-state index < -0.39 is 15.4 Å². The zero-order valence-corrected chi connectivity index (χ0v) is 16.9. The summed E-state index contributed by atoms with van der Waals surface area (Å²) in [7, 11) is -3.70. The number of carbonyl (C=O) groups excluding carboxylic acids is 1. The third-order valence-corrected chi connectivity index (χ3v) is 8.26. The zero-order valence-electron chi connectivity index (χ0n) is 16.1. The molecule has 5 rings (SSSR count). The van der Waals surface area contributed by atoms with Crippen LogP contribution in [-0.4, -0.2) is 34.6 Å². The number of hydrogen-bond acceptors (Lipinski definition) is 5. The van der Waals surface area contributed by atoms with E-state index >= 15 is 0 Å². The molecule has 2 atom stereocenters. The summed E-state index contributed by atoms with van der Waals surface area (Å²) in [6, 6.07) is 4.64. The van der Waals surface area contributed by atoms with Crippen molar-refractivity contribution in [1.82, 2.24) is 14.3 Å². The lowest BCUT2D eigenvalue weighted by atomic mass is 9.86. The second kappa shape index (κ2) is 5.61. The molecule has 0 aliphatic carbocycles. The highest BCUT2D eigenvalue weighted by molar-refractivity contribution is 7.89. The van der Waals surface area contributed by atoms with Crippen LogP contribution in [-0.2, 0) is 26.7 Å². The van der Waals surface area contributed by atoms with Gasteiger partial charge in [-0.3, -0.25) is 4.79 Å². The molecular weight excluding hydrogens is 376 g/mol. The van der Waals surface area contributed by atoms with Gasteiger partial charge in [0.25, 0.3) is 0 Å². The number of nitrogens with zero attached hydrogens (tertiary/aromatic N) is 3. The second-order valence-electron chi connectivity index (χ2n) is 8.39. The second-order valence-corrected chi connectivity index (χ2v) is 10.2. The highest BCUT2D eigenvalue weighted by atomic mass is 32.2. The third-order valence-electron chi connectivity index (χ3n) is 6.30. The van der Waals surface area contributed by atoms with Crippen molar-refractivity contribution in [3.63, 3.8) is 0 Å². The lowest BCUT2D eigenvalue weighted by Gasteiger charge is -2.34. The first-order chi connectivity index (χ1) is 13.2. The summed E-state index contributed by atoms with van der Waals surface area (Å²) in [5, 5.41) is 2.83. The number of hydrogen-bond donors (Lipinski definition) is 1. The average molecular weight is 398 g/mol. The predicted molar refractivity (Wildman–Crippen MR) is 103 cm³/mol. The van der Waals surface area contributed by atoms with Gasteiger partial charge in [0, 0.05) is 29.9 Å². The van der Waals surface area contributed by atoms with E-state index in [1.165, 1.54) is 0 Å². The van der Waals surface area contributed by atoms with E-state index in [4.69, 9.17) is 0 Å². The molecule has 146 valence electrons. The van der Waals surface area contributed by atoms with Crippen LogP contribution in [0.4, 0.5) is 5.69 Å². The molecule has 1 aromatic heterocycles. The Kier molecular flexibility index (Phi) is 3.56. The molecular formula is C20H22N4O3S. The molecule has 2 bridgehead atoms. The maximum atomic E-state index is 13.6. The van der Waals surface area contributed by atoms with Crippen molar-refractivity contribution >= 4 is 21.6 Å². The first-order valence-corrected chi connectivity index (χ1v) is 11.0. The minimum atomic E-state index is -3.70. The van der Waals surface area contributed by atoms with Gasteiger partial charge in [0.05, 0.1) is 22.0 Å². The van der Waals surface area contributed by atoms with E-state index in [1.54, 1.807) is 28.7 Å². The van der Waals surface area contributed by atoms with Gasteiger partial charge in [-0.25, -0.2) is 18.4 Å². The number of aromatic nitrogens is 2. The third kappa shape index (κ3) is 2.31. The summed E-state index contributed by atoms with van der Waals surface area (Å²) in [4.78, 5) is 21.3. The molecule has 2 aromatic rings. The number of rotatable bonds is 2. The number of benzene rings is 1. The van der Waals surface area contributed by atoms with Gasteiger partial charge in [-0.1, -0.05) is 0 Å². The lowest BCUT2D eigenvalue weighted by Crippen LogP contribution is -2.42. The molecule has 1 N–H and O–H groups in total. The summed E-state index contributed by atoms with van der Waals surface area (Å²) in [6.45, 7) is 5.48. The first kappa shape index (κ1) is 17.8. The highest BCUT2D eigenvalue weighted by Crippen LogP contribution is 2.47. The van der Waals surface area contributed by atoms with Gasteiger partial charge in [0.15, 0.2) is 0 Å². The van der Waals surface area contributed by atoms with E-state index in [2.05, 4.69) is 15.3 Å². The Morgan fingerprint density at radius 1 is 1.25 bits per heavy atom. The Morgan fingerprint density at radius 3 is 2.82 bits per heavy atom. The van der Waals surface area contributed by atoms with Crippen molar-refractivity contribution in [3.05, 3.63) is 47.0 Å². The largest absolute Gasteiger partial charge is 0.325 e. The van der Waals surface area contributed by atoms with E-state index in [-0.39, 0.29) is 22.9 Å². The average Bonchev–Trinajstić information content (AvgIpc) is 3.08. The maximum Gasteiger partial charge on any atom is 0.243 e. The molecule has 4 heterocycles. The van der Waals surface area contributed by atoms with Crippen molar-refractivity contribution in [3.8, 4) is 0 Å². The van der Waals surface area contributed by atoms with Gasteiger partial charge in [-0.05, 0) is 57.4 Å². The molecule has 7 nitrogen and oxygen atoms in total. The predicted octanol–water partition coefficient (Wildman–Crippen LogP) is 2.47. The van der Waals surface area contributed by atoms with Crippen molar-refractivity contribution < 1.29 is 13.2 Å². The molecule has 0 unspecified atom stereocenters. The molecule has 1 aromatic carbocycles. The molecule has 8 heteroatoms. The maximum absolute atomic E-state index is 13.6. The number of nitrogens with one attached hydrogen (secondary N) is 1. The minimum absolute atomic E-state index is 0.0854. The molecule has 1 fully saturated rings. The Hall–Kier alpha value is -2.32. The first-order valence-electron chi connectivity index (χ1n) is 9.51. The molecule has 1 amide bonds. The lowest BCUT2D eigenvalue weighted by molar-refractivity contribution is -0.119. The van der Waals surface area contributed by atoms with Crippen LogP contribution in [0, 0.1) is 6.92 Å². The van der Waals surface area contributed by atoms with Crippen LogP contribution >= 0.6 is 0 Å². The van der Waals surface area contributed by atoms with Crippen LogP contribution in [0.5, 0.6) is 0 Å². The summed E-state index contributed by atoms with van der Waals surface area (Å²) in [5.74, 6) is 0.601. The van der Waals surface area contributed by atoms with Crippen LogP contribution in [0.15, 0.2) is 29.3 Å². The van der Waals surface area contributed by atoms with Crippen LogP contribution in [0.25, 0.3) is 0 Å². The van der Waals surface area contributed by atoms with Gasteiger partial charge >= 0.3 is 0 Å². The summed E-state index contributed by atoms with van der Waals surface area (Å²) < 4.78 is 28.8. The van der Waals surface area contributed by atoms with Gasteiger partial charge in [-0.15, -0.1) is 0 Å². The summed E-state index contributed by atoms with van der Waals surface area (Å²) >= 11 is 0. The van der Waals surface area contributed by atoms with Crippen molar-refractivity contribution in [2.45, 2.75) is 62.4 Å². The SMILES string of the molecule is Cc1ncc2c(n1)C[C@@H]1CC[C@H]2N1S(=O)(=O)c1ccc2c(c1)C(C)(C)C(=O)N2. The Morgan fingerprint density at radius 2 is 2.04 bits per heavy atom. The number of amides is 1. The molecule has 28 heavy (non-hydrogen) atoms. The Labute approximate surface area is 164 Å². The van der Waals surface area contributed by atoms with Gasteiger partial charge in [-0.2, -0.15) is 4.31 Å². The van der Waals surface area contributed by atoms with Crippen molar-refractivity contribution in [2.24, 2.45) is 0 Å². The zero-order chi connectivity index (χ0) is 19.8. The fourth-order valence-corrected chi connectivity index (χ4v) is 6.61. The van der Waals surface area contributed by atoms with E-state index in [1.807, 2.05) is 20.8 Å². The van der Waals surface area contributed by atoms with E-state index in [9.17, 15) is 13.2 Å². The smallest absolute Gasteiger partial charge is 0.243 e. The number of carbonyl (C=O) groups is 1. The number of aryl methyl sites for hydroxylation is 1. The quantitative estimate of drug-likeness (QED) is 0.839. The van der Waals surface area contributed by atoms with Crippen LogP contribution in [0.3, 0.4) is 0 Å². The molecule has 0 saturated carbocycles. The summed E-state index contributed by atoms with van der Waals surface area (Å²) in [6.07, 6.45) is 3.99. The number of sulfonamides is 1. The summed E-state index contributed by atoms with van der Waals surface area (Å²) in [5.41, 5.74) is 2.55. The fraction of sp³-hybridized carbons (Fsp3) is 0.450. The van der Waals surface area contributed by atoms with Crippen molar-refractivity contribution in [1.29, 1.82) is 0 Å². The van der Waals surface area contributed by atoms with Gasteiger partial charge in [0.1, 0.15) is 5.82 Å². The monoisotopic (exact) mass is 398 g/mol. The van der Waals surface area contributed by atoms with Crippen LogP contribution in [0.2, 0.25) is 0 Å².